The number of hydrogen-bond donors (Lipinski definition) is 1. The molecule has 2 aromatic rings. The van der Waals surface area contributed by atoms with Crippen LogP contribution < -0.4 is 10.1 Å². The summed E-state index contributed by atoms with van der Waals surface area (Å²) in [6.45, 7) is -0.251. The highest BCUT2D eigenvalue weighted by molar-refractivity contribution is 8.18. The highest BCUT2D eigenvalue weighted by Gasteiger charge is 2.25. The van der Waals surface area contributed by atoms with Crippen LogP contribution in [0.5, 0.6) is 5.75 Å². The molecular weight excluding hydrogens is 482 g/mol. The summed E-state index contributed by atoms with van der Waals surface area (Å²) in [5.74, 6) is -0.900. The smallest absolute Gasteiger partial charge is 0.331 e. The lowest BCUT2D eigenvalue weighted by Gasteiger charge is -2.11. The Morgan fingerprint density at radius 1 is 1.24 bits per heavy atom. The number of rotatable bonds is 8. The van der Waals surface area contributed by atoms with E-state index in [0.29, 0.717) is 22.9 Å². The van der Waals surface area contributed by atoms with Crippen LogP contribution in [0.4, 0.5) is 17.6 Å². The first kappa shape index (κ1) is 25.0. The van der Waals surface area contributed by atoms with Gasteiger partial charge in [-0.1, -0.05) is 0 Å². The summed E-state index contributed by atoms with van der Waals surface area (Å²) in [5.41, 5.74) is -0.524. The average Bonchev–Trinajstić information content (AvgIpc) is 3.37. The molecule has 1 aromatic heterocycles. The number of esters is 1. The molecule has 34 heavy (non-hydrogen) atoms. The fourth-order valence-electron chi connectivity index (χ4n) is 2.81. The van der Waals surface area contributed by atoms with Gasteiger partial charge in [-0.15, -0.1) is 5.10 Å². The van der Waals surface area contributed by atoms with Crippen LogP contribution in [0.1, 0.15) is 35.4 Å². The monoisotopic (exact) mass is 499 g/mol. The number of halogens is 4. The third kappa shape index (κ3) is 6.01. The van der Waals surface area contributed by atoms with Crippen LogP contribution in [0.15, 0.2) is 45.4 Å². The van der Waals surface area contributed by atoms with Gasteiger partial charge in [-0.25, -0.2) is 22.4 Å². The molecule has 0 unspecified atom stereocenters. The Labute approximate surface area is 194 Å². The molecule has 1 aliphatic heterocycles. The Kier molecular flexibility index (Phi) is 8.04. The molecule has 0 spiro atoms. The van der Waals surface area contributed by atoms with Crippen LogP contribution in [-0.4, -0.2) is 47.3 Å². The first-order valence-electron chi connectivity index (χ1n) is 9.42. The number of nitrogens with zero attached hydrogens (tertiary/aromatic N) is 4. The zero-order valence-corrected chi connectivity index (χ0v) is 18.5. The fraction of sp³-hybridized carbons (Fsp3) is 0.250. The van der Waals surface area contributed by atoms with E-state index in [1.165, 1.54) is 20.4 Å². The molecule has 1 amide bonds. The van der Waals surface area contributed by atoms with Gasteiger partial charge in [0.2, 0.25) is 0 Å². The highest BCUT2D eigenvalue weighted by Crippen LogP contribution is 2.28. The summed E-state index contributed by atoms with van der Waals surface area (Å²) in [5, 5.41) is 13.9. The third-order valence-electron chi connectivity index (χ3n) is 4.36. The summed E-state index contributed by atoms with van der Waals surface area (Å²) in [6.07, 6.45) is -3.64. The maximum Gasteiger partial charge on any atom is 0.331 e. The largest absolute Gasteiger partial charge is 0.496 e. The first-order valence-corrected chi connectivity index (χ1v) is 10.2. The van der Waals surface area contributed by atoms with Gasteiger partial charge in [0.25, 0.3) is 18.8 Å². The number of methoxy groups -OCH3 is 2. The normalized spacial score (nSPS) is 16.3. The maximum absolute atomic E-state index is 13.3. The van der Waals surface area contributed by atoms with Gasteiger partial charge in [0.15, 0.2) is 5.17 Å². The van der Waals surface area contributed by atoms with E-state index >= 15 is 0 Å². The molecule has 0 radical (unpaired) electrons. The van der Waals surface area contributed by atoms with Crippen molar-refractivity contribution in [3.63, 3.8) is 0 Å². The Morgan fingerprint density at radius 2 is 2.00 bits per heavy atom. The summed E-state index contributed by atoms with van der Waals surface area (Å²) in [7, 11) is 2.55. The van der Waals surface area contributed by atoms with Gasteiger partial charge in [-0.3, -0.25) is 14.8 Å². The molecule has 1 saturated heterocycles. The third-order valence-corrected chi connectivity index (χ3v) is 5.26. The Balaban J connectivity index is 1.81. The number of carbonyl (C=O) groups is 2. The van der Waals surface area contributed by atoms with E-state index in [9.17, 15) is 27.2 Å². The fourth-order valence-corrected chi connectivity index (χ4v) is 3.55. The Morgan fingerprint density at radius 3 is 2.65 bits per heavy atom. The van der Waals surface area contributed by atoms with Crippen LogP contribution in [0.2, 0.25) is 0 Å². The molecule has 1 aromatic carbocycles. The van der Waals surface area contributed by atoms with Crippen molar-refractivity contribution in [2.75, 3.05) is 14.2 Å². The van der Waals surface area contributed by atoms with E-state index in [1.54, 1.807) is 18.2 Å². The van der Waals surface area contributed by atoms with E-state index in [4.69, 9.17) is 4.74 Å². The van der Waals surface area contributed by atoms with Crippen molar-refractivity contribution in [1.29, 1.82) is 0 Å². The van der Waals surface area contributed by atoms with Gasteiger partial charge in [0, 0.05) is 11.6 Å². The second-order valence-electron chi connectivity index (χ2n) is 6.56. The topological polar surface area (TPSA) is 107 Å². The van der Waals surface area contributed by atoms with Crippen molar-refractivity contribution in [2.45, 2.75) is 19.4 Å². The lowest BCUT2D eigenvalue weighted by molar-refractivity contribution is -0.135. The van der Waals surface area contributed by atoms with Gasteiger partial charge in [-0.05, 0) is 41.6 Å². The van der Waals surface area contributed by atoms with Crippen molar-refractivity contribution < 1.29 is 36.6 Å². The number of aromatic nitrogens is 2. The van der Waals surface area contributed by atoms with Crippen molar-refractivity contribution in [1.82, 2.24) is 15.1 Å². The van der Waals surface area contributed by atoms with Crippen LogP contribution in [0.3, 0.4) is 0 Å². The van der Waals surface area contributed by atoms with Gasteiger partial charge in [0.05, 0.1) is 31.9 Å². The quantitative estimate of drug-likeness (QED) is 0.196. The molecule has 14 heteroatoms. The van der Waals surface area contributed by atoms with E-state index in [2.05, 4.69) is 25.4 Å². The highest BCUT2D eigenvalue weighted by atomic mass is 32.2. The number of amidine groups is 1. The predicted molar refractivity (Wildman–Crippen MR) is 115 cm³/mol. The summed E-state index contributed by atoms with van der Waals surface area (Å²) >= 11 is 0.889. The van der Waals surface area contributed by atoms with E-state index in [-0.39, 0.29) is 16.6 Å². The van der Waals surface area contributed by atoms with Crippen molar-refractivity contribution >= 4 is 35.0 Å². The molecule has 1 aliphatic rings. The van der Waals surface area contributed by atoms with Gasteiger partial charge in [0.1, 0.15) is 17.1 Å². The number of carbonyl (C=O) groups excluding carboxylic acids is 2. The van der Waals surface area contributed by atoms with Crippen molar-refractivity contribution in [3.8, 4) is 5.75 Å². The van der Waals surface area contributed by atoms with Gasteiger partial charge < -0.3 is 9.47 Å². The molecule has 1 N–H and O–H groups in total. The van der Waals surface area contributed by atoms with Crippen molar-refractivity contribution in [3.05, 3.63) is 57.8 Å². The van der Waals surface area contributed by atoms with Crippen LogP contribution in [0, 0.1) is 0 Å². The zero-order chi connectivity index (χ0) is 24.8. The molecule has 9 nitrogen and oxygen atoms in total. The zero-order valence-electron chi connectivity index (χ0n) is 17.7. The summed E-state index contributed by atoms with van der Waals surface area (Å²) in [4.78, 5) is 23.2. The average molecular weight is 499 g/mol. The van der Waals surface area contributed by atoms with Crippen molar-refractivity contribution in [2.24, 2.45) is 10.2 Å². The molecule has 1 fully saturated rings. The number of alkyl halides is 4. The van der Waals surface area contributed by atoms with Gasteiger partial charge >= 0.3 is 5.97 Å². The number of hydrogen-bond acceptors (Lipinski definition) is 8. The van der Waals surface area contributed by atoms with E-state index in [1.807, 2.05) is 0 Å². The predicted octanol–water partition coefficient (Wildman–Crippen LogP) is 3.43. The molecule has 3 rings (SSSR count). The van der Waals surface area contributed by atoms with Crippen LogP contribution in [0.25, 0.3) is 0 Å². The summed E-state index contributed by atoms with van der Waals surface area (Å²) < 4.78 is 63.0. The second kappa shape index (κ2) is 11.0. The Bertz CT molecular complexity index is 1180. The molecule has 180 valence electrons. The SMILES string of the molecule is COC(=O)/C=C1/S/C(=N\N=Cc2ccc(OC)c(Cn3nc(C(F)F)cc3C(F)F)c2)NC1=O. The van der Waals surface area contributed by atoms with E-state index < -0.39 is 36.1 Å². The number of thioether (sulfide) groups is 1. The molecule has 0 bridgehead atoms. The minimum atomic E-state index is -3.00. The maximum atomic E-state index is 13.3. The molecule has 0 saturated carbocycles. The number of amides is 1. The van der Waals surface area contributed by atoms with Gasteiger partial charge in [-0.2, -0.15) is 10.2 Å². The molecule has 2 heterocycles. The number of nitrogens with one attached hydrogen (secondary N) is 1. The first-order chi connectivity index (χ1) is 16.2. The lowest BCUT2D eigenvalue weighted by Crippen LogP contribution is -2.19. The molecular formula is C20H17F4N5O4S. The molecule has 0 aliphatic carbocycles. The number of benzene rings is 1. The minimum Gasteiger partial charge on any atom is -0.496 e. The minimum absolute atomic E-state index is 0.0877. The second-order valence-corrected chi connectivity index (χ2v) is 7.59. The standard InChI is InChI=1S/C20H17F4N5O4S/c1-32-14-4-3-10(8-25-27-20-26-19(31)15(34-20)7-16(30)33-2)5-11(14)9-29-13(18(23)24)6-12(28-29)17(21)22/h3-8,17-18H,9H2,1-2H3,(H,26,27,31)/b15-7+,25-8?. The Hall–Kier alpha value is -3.68. The molecule has 0 atom stereocenters. The number of ether oxygens (including phenoxy) is 2. The lowest BCUT2D eigenvalue weighted by atomic mass is 10.1. The van der Waals surface area contributed by atoms with Crippen LogP contribution >= 0.6 is 11.8 Å². The summed E-state index contributed by atoms with van der Waals surface area (Å²) in [6, 6.07) is 5.37. The van der Waals surface area contributed by atoms with E-state index in [0.717, 1.165) is 22.5 Å². The van der Waals surface area contributed by atoms with Crippen LogP contribution in [-0.2, 0) is 20.9 Å².